The molecule has 0 aromatic carbocycles. The molecule has 0 aliphatic heterocycles. The molecular formula is C15H17N3O2. The molecule has 1 amide bonds. The molecule has 5 nitrogen and oxygen atoms in total. The Morgan fingerprint density at radius 2 is 2.10 bits per heavy atom. The normalized spacial score (nSPS) is 10.2. The molecule has 2 aromatic heterocycles. The maximum atomic E-state index is 12.0. The predicted octanol–water partition coefficient (Wildman–Crippen LogP) is 2.21. The van der Waals surface area contributed by atoms with E-state index in [1.54, 1.807) is 19.4 Å². The Balaban J connectivity index is 2.66. The maximum Gasteiger partial charge on any atom is 0.270 e. The van der Waals surface area contributed by atoms with Crippen molar-refractivity contribution in [1.29, 1.82) is 0 Å². The summed E-state index contributed by atoms with van der Waals surface area (Å²) in [5, 5.41) is 2.61. The number of carbonyl (C=O) groups excluding carboxylic acids is 1. The third kappa shape index (κ3) is 2.61. The van der Waals surface area contributed by atoms with Gasteiger partial charge in [-0.1, -0.05) is 0 Å². The molecule has 0 spiro atoms. The van der Waals surface area contributed by atoms with Crippen LogP contribution in [0.2, 0.25) is 0 Å². The molecule has 0 saturated heterocycles. The number of aryl methyl sites for hydroxylation is 1. The van der Waals surface area contributed by atoms with Crippen molar-refractivity contribution in [2.45, 2.75) is 13.8 Å². The van der Waals surface area contributed by atoms with Gasteiger partial charge in [0.1, 0.15) is 5.69 Å². The molecule has 5 heteroatoms. The van der Waals surface area contributed by atoms with Gasteiger partial charge in [-0.3, -0.25) is 9.78 Å². The predicted molar refractivity (Wildman–Crippen MR) is 76.8 cm³/mol. The molecule has 0 bridgehead atoms. The van der Waals surface area contributed by atoms with Crippen LogP contribution in [-0.2, 0) is 0 Å². The second-order valence-corrected chi connectivity index (χ2v) is 4.22. The molecule has 0 aliphatic carbocycles. The van der Waals surface area contributed by atoms with Crippen LogP contribution in [0.5, 0.6) is 5.88 Å². The van der Waals surface area contributed by atoms with Crippen molar-refractivity contribution in [3.63, 3.8) is 0 Å². The number of hydrogen-bond acceptors (Lipinski definition) is 4. The fourth-order valence-corrected chi connectivity index (χ4v) is 2.02. The van der Waals surface area contributed by atoms with Gasteiger partial charge in [0.15, 0.2) is 0 Å². The van der Waals surface area contributed by atoms with Gasteiger partial charge in [0.05, 0.1) is 6.61 Å². The molecule has 0 fully saturated rings. The number of rotatable bonds is 4. The zero-order valence-electron chi connectivity index (χ0n) is 11.8. The maximum absolute atomic E-state index is 12.0. The second-order valence-electron chi connectivity index (χ2n) is 4.22. The highest BCUT2D eigenvalue weighted by atomic mass is 16.5. The lowest BCUT2D eigenvalue weighted by Crippen LogP contribution is -2.20. The number of amides is 1. The molecule has 2 rings (SSSR count). The van der Waals surface area contributed by atoms with Crippen LogP contribution in [0.3, 0.4) is 0 Å². The zero-order chi connectivity index (χ0) is 14.5. The van der Waals surface area contributed by atoms with E-state index in [0.717, 1.165) is 16.7 Å². The van der Waals surface area contributed by atoms with E-state index < -0.39 is 0 Å². The summed E-state index contributed by atoms with van der Waals surface area (Å²) in [6, 6.07) is 5.57. The van der Waals surface area contributed by atoms with Crippen molar-refractivity contribution >= 4 is 5.91 Å². The number of ether oxygens (including phenoxy) is 1. The van der Waals surface area contributed by atoms with E-state index in [0.29, 0.717) is 18.2 Å². The molecule has 2 aromatic rings. The largest absolute Gasteiger partial charge is 0.478 e. The Labute approximate surface area is 118 Å². The van der Waals surface area contributed by atoms with Crippen LogP contribution in [0, 0.1) is 6.92 Å². The van der Waals surface area contributed by atoms with Gasteiger partial charge >= 0.3 is 0 Å². The first-order valence-corrected chi connectivity index (χ1v) is 6.44. The summed E-state index contributed by atoms with van der Waals surface area (Å²) < 4.78 is 5.54. The minimum absolute atomic E-state index is 0.227. The van der Waals surface area contributed by atoms with E-state index in [1.807, 2.05) is 32.0 Å². The standard InChI is InChI=1S/C15H17N3O2/c1-4-20-15-11(6-5-8-18-15)12-10(2)7-9-17-13(12)14(19)16-3/h5-9H,4H2,1-3H3,(H,16,19). The second kappa shape index (κ2) is 6.14. The van der Waals surface area contributed by atoms with Gasteiger partial charge in [-0.05, 0) is 37.6 Å². The number of aromatic nitrogens is 2. The van der Waals surface area contributed by atoms with Crippen LogP contribution >= 0.6 is 0 Å². The van der Waals surface area contributed by atoms with Crippen molar-refractivity contribution in [3.8, 4) is 17.0 Å². The van der Waals surface area contributed by atoms with Crippen molar-refractivity contribution in [2.24, 2.45) is 0 Å². The van der Waals surface area contributed by atoms with Crippen LogP contribution in [0.4, 0.5) is 0 Å². The number of nitrogens with one attached hydrogen (secondary N) is 1. The fraction of sp³-hybridized carbons (Fsp3) is 0.267. The Hall–Kier alpha value is -2.43. The van der Waals surface area contributed by atoms with E-state index in [9.17, 15) is 4.79 Å². The number of carbonyl (C=O) groups is 1. The van der Waals surface area contributed by atoms with E-state index in [1.165, 1.54) is 0 Å². The highest BCUT2D eigenvalue weighted by Crippen LogP contribution is 2.32. The molecule has 0 saturated carbocycles. The SMILES string of the molecule is CCOc1ncccc1-c1c(C)ccnc1C(=O)NC. The average molecular weight is 271 g/mol. The molecule has 104 valence electrons. The summed E-state index contributed by atoms with van der Waals surface area (Å²) >= 11 is 0. The monoisotopic (exact) mass is 271 g/mol. The number of nitrogens with zero attached hydrogens (tertiary/aromatic N) is 2. The lowest BCUT2D eigenvalue weighted by atomic mass is 9.99. The topological polar surface area (TPSA) is 64.1 Å². The van der Waals surface area contributed by atoms with Gasteiger partial charge in [0.2, 0.25) is 5.88 Å². The molecule has 0 atom stereocenters. The lowest BCUT2D eigenvalue weighted by Gasteiger charge is -2.13. The molecule has 0 radical (unpaired) electrons. The minimum atomic E-state index is -0.227. The lowest BCUT2D eigenvalue weighted by molar-refractivity contribution is 0.0959. The summed E-state index contributed by atoms with van der Waals surface area (Å²) in [6.45, 7) is 4.35. The van der Waals surface area contributed by atoms with E-state index in [-0.39, 0.29) is 5.91 Å². The van der Waals surface area contributed by atoms with Crippen molar-refractivity contribution < 1.29 is 9.53 Å². The van der Waals surface area contributed by atoms with Crippen molar-refractivity contribution in [2.75, 3.05) is 13.7 Å². The molecule has 2 heterocycles. The van der Waals surface area contributed by atoms with E-state index in [2.05, 4.69) is 15.3 Å². The van der Waals surface area contributed by atoms with Gasteiger partial charge < -0.3 is 10.1 Å². The first-order chi connectivity index (χ1) is 9.69. The average Bonchev–Trinajstić information content (AvgIpc) is 2.47. The molecule has 0 aliphatic rings. The fourth-order valence-electron chi connectivity index (χ4n) is 2.02. The van der Waals surface area contributed by atoms with Crippen LogP contribution in [-0.4, -0.2) is 29.5 Å². The molecule has 0 unspecified atom stereocenters. The Bertz CT molecular complexity index is 626. The smallest absolute Gasteiger partial charge is 0.270 e. The van der Waals surface area contributed by atoms with Crippen molar-refractivity contribution in [3.05, 3.63) is 41.9 Å². The van der Waals surface area contributed by atoms with Crippen LogP contribution < -0.4 is 10.1 Å². The summed E-state index contributed by atoms with van der Waals surface area (Å²) in [5.41, 5.74) is 2.86. The number of hydrogen-bond donors (Lipinski definition) is 1. The third-order valence-corrected chi connectivity index (χ3v) is 2.92. The van der Waals surface area contributed by atoms with Gasteiger partial charge in [0, 0.05) is 30.6 Å². The van der Waals surface area contributed by atoms with Gasteiger partial charge in [-0.15, -0.1) is 0 Å². The zero-order valence-corrected chi connectivity index (χ0v) is 11.8. The Kier molecular flexibility index (Phi) is 4.30. The van der Waals surface area contributed by atoms with Crippen LogP contribution in [0.1, 0.15) is 23.0 Å². The Morgan fingerprint density at radius 3 is 2.80 bits per heavy atom. The highest BCUT2D eigenvalue weighted by molar-refractivity contribution is 6.00. The minimum Gasteiger partial charge on any atom is -0.478 e. The van der Waals surface area contributed by atoms with Gasteiger partial charge in [0.25, 0.3) is 5.91 Å². The first-order valence-electron chi connectivity index (χ1n) is 6.44. The van der Waals surface area contributed by atoms with Gasteiger partial charge in [-0.25, -0.2) is 4.98 Å². The summed E-state index contributed by atoms with van der Waals surface area (Å²) in [4.78, 5) is 20.4. The van der Waals surface area contributed by atoms with E-state index >= 15 is 0 Å². The first kappa shape index (κ1) is 14.0. The van der Waals surface area contributed by atoms with Crippen LogP contribution in [0.25, 0.3) is 11.1 Å². The van der Waals surface area contributed by atoms with Crippen LogP contribution in [0.15, 0.2) is 30.6 Å². The summed E-state index contributed by atoms with van der Waals surface area (Å²) in [7, 11) is 1.59. The molecule has 1 N–H and O–H groups in total. The molecule has 20 heavy (non-hydrogen) atoms. The third-order valence-electron chi connectivity index (χ3n) is 2.92. The number of pyridine rings is 2. The Morgan fingerprint density at radius 1 is 1.30 bits per heavy atom. The van der Waals surface area contributed by atoms with E-state index in [4.69, 9.17) is 4.74 Å². The highest BCUT2D eigenvalue weighted by Gasteiger charge is 2.19. The summed E-state index contributed by atoms with van der Waals surface area (Å²) in [5.74, 6) is 0.284. The van der Waals surface area contributed by atoms with Gasteiger partial charge in [-0.2, -0.15) is 0 Å². The quantitative estimate of drug-likeness (QED) is 0.926. The summed E-state index contributed by atoms with van der Waals surface area (Å²) in [6.07, 6.45) is 3.29. The van der Waals surface area contributed by atoms with Crippen molar-refractivity contribution in [1.82, 2.24) is 15.3 Å². The molecular weight excluding hydrogens is 254 g/mol.